The van der Waals surface area contributed by atoms with Gasteiger partial charge in [-0.05, 0) is 6.42 Å². The van der Waals surface area contributed by atoms with Crippen molar-refractivity contribution in [3.05, 3.63) is 11.9 Å². The van der Waals surface area contributed by atoms with Gasteiger partial charge in [0.05, 0.1) is 12.3 Å². The summed E-state index contributed by atoms with van der Waals surface area (Å²) in [5, 5.41) is 7.98. The molecule has 0 aliphatic carbocycles. The van der Waals surface area contributed by atoms with E-state index in [0.29, 0.717) is 6.54 Å². The van der Waals surface area contributed by atoms with Crippen LogP contribution in [0.25, 0.3) is 0 Å². The Labute approximate surface area is 83.2 Å². The predicted octanol–water partition coefficient (Wildman–Crippen LogP) is -0.277. The highest BCUT2D eigenvalue weighted by molar-refractivity contribution is 5.00. The molecule has 1 saturated heterocycles. The van der Waals surface area contributed by atoms with E-state index in [4.69, 9.17) is 10.5 Å². The highest BCUT2D eigenvalue weighted by atomic mass is 16.5. The standard InChI is InChI=1S/C9H16N4O/c1-13-5-8(11-12-13)4-9(6-10)2-3-14-7-9/h5H,2-4,6-7,10H2,1H3. The van der Waals surface area contributed by atoms with Crippen molar-refractivity contribution >= 4 is 0 Å². The zero-order chi connectivity index (χ0) is 10.0. The summed E-state index contributed by atoms with van der Waals surface area (Å²) in [5.74, 6) is 0. The van der Waals surface area contributed by atoms with Gasteiger partial charge in [0, 0.05) is 38.2 Å². The van der Waals surface area contributed by atoms with Gasteiger partial charge in [-0.3, -0.25) is 4.68 Å². The quantitative estimate of drug-likeness (QED) is 0.722. The van der Waals surface area contributed by atoms with Crippen LogP contribution in [-0.4, -0.2) is 34.8 Å². The molecule has 14 heavy (non-hydrogen) atoms. The molecule has 0 aromatic carbocycles. The maximum Gasteiger partial charge on any atom is 0.0833 e. The van der Waals surface area contributed by atoms with Gasteiger partial charge in [0.1, 0.15) is 0 Å². The van der Waals surface area contributed by atoms with Crippen LogP contribution in [0.4, 0.5) is 0 Å². The third-order valence-corrected chi connectivity index (χ3v) is 2.82. The molecule has 1 atom stereocenters. The molecule has 78 valence electrons. The number of nitrogens with two attached hydrogens (primary N) is 1. The minimum absolute atomic E-state index is 0.0933. The maximum atomic E-state index is 5.79. The van der Waals surface area contributed by atoms with Crippen LogP contribution >= 0.6 is 0 Å². The first-order valence-corrected chi connectivity index (χ1v) is 4.87. The van der Waals surface area contributed by atoms with Crippen LogP contribution in [0.2, 0.25) is 0 Å². The SMILES string of the molecule is Cn1cc(CC2(CN)CCOC2)nn1. The minimum Gasteiger partial charge on any atom is -0.381 e. The molecule has 1 aromatic rings. The molecule has 0 saturated carbocycles. The summed E-state index contributed by atoms with van der Waals surface area (Å²) in [6.07, 6.45) is 3.84. The largest absolute Gasteiger partial charge is 0.381 e. The monoisotopic (exact) mass is 196 g/mol. The average molecular weight is 196 g/mol. The average Bonchev–Trinajstić information content (AvgIpc) is 2.77. The van der Waals surface area contributed by atoms with E-state index in [1.54, 1.807) is 4.68 Å². The summed E-state index contributed by atoms with van der Waals surface area (Å²) in [4.78, 5) is 0. The fraction of sp³-hybridized carbons (Fsp3) is 0.778. The van der Waals surface area contributed by atoms with Crippen LogP contribution in [0.3, 0.4) is 0 Å². The highest BCUT2D eigenvalue weighted by Crippen LogP contribution is 2.30. The zero-order valence-electron chi connectivity index (χ0n) is 8.44. The van der Waals surface area contributed by atoms with Gasteiger partial charge in [-0.1, -0.05) is 5.21 Å². The number of hydrogen-bond donors (Lipinski definition) is 1. The van der Waals surface area contributed by atoms with Crippen molar-refractivity contribution in [1.29, 1.82) is 0 Å². The molecule has 1 aliphatic heterocycles. The van der Waals surface area contributed by atoms with Crippen LogP contribution in [0.5, 0.6) is 0 Å². The molecule has 1 fully saturated rings. The van der Waals surface area contributed by atoms with Gasteiger partial charge in [-0.25, -0.2) is 0 Å². The molecule has 5 nitrogen and oxygen atoms in total. The Morgan fingerprint density at radius 1 is 1.71 bits per heavy atom. The highest BCUT2D eigenvalue weighted by Gasteiger charge is 2.34. The molecule has 0 bridgehead atoms. The first-order chi connectivity index (χ1) is 6.74. The van der Waals surface area contributed by atoms with Gasteiger partial charge in [-0.2, -0.15) is 0 Å². The fourth-order valence-electron chi connectivity index (χ4n) is 1.88. The van der Waals surface area contributed by atoms with Crippen LogP contribution in [0.1, 0.15) is 12.1 Å². The Hall–Kier alpha value is -0.940. The maximum absolute atomic E-state index is 5.79. The van der Waals surface area contributed by atoms with Gasteiger partial charge in [-0.15, -0.1) is 5.10 Å². The van der Waals surface area contributed by atoms with Crippen LogP contribution in [0, 0.1) is 5.41 Å². The summed E-state index contributed by atoms with van der Waals surface area (Å²) in [5.41, 5.74) is 6.88. The van der Waals surface area contributed by atoms with Crippen molar-refractivity contribution in [3.63, 3.8) is 0 Å². The van der Waals surface area contributed by atoms with Crippen LogP contribution in [0.15, 0.2) is 6.20 Å². The third-order valence-electron chi connectivity index (χ3n) is 2.82. The van der Waals surface area contributed by atoms with Crippen molar-refractivity contribution in [2.24, 2.45) is 18.2 Å². The molecule has 2 N–H and O–H groups in total. The number of nitrogens with zero attached hydrogens (tertiary/aromatic N) is 3. The molecular weight excluding hydrogens is 180 g/mol. The fourth-order valence-corrected chi connectivity index (χ4v) is 1.88. The summed E-state index contributed by atoms with van der Waals surface area (Å²) in [7, 11) is 1.87. The predicted molar refractivity (Wildman–Crippen MR) is 51.6 cm³/mol. The normalized spacial score (nSPS) is 27.0. The number of aromatic nitrogens is 3. The van der Waals surface area contributed by atoms with Crippen LogP contribution < -0.4 is 5.73 Å². The summed E-state index contributed by atoms with van der Waals surface area (Å²) in [6, 6.07) is 0. The lowest BCUT2D eigenvalue weighted by Crippen LogP contribution is -2.33. The molecule has 1 unspecified atom stereocenters. The van der Waals surface area contributed by atoms with Crippen molar-refractivity contribution in [1.82, 2.24) is 15.0 Å². The zero-order valence-corrected chi connectivity index (χ0v) is 8.44. The molecule has 0 amide bonds. The van der Waals surface area contributed by atoms with E-state index in [-0.39, 0.29) is 5.41 Å². The first-order valence-electron chi connectivity index (χ1n) is 4.87. The molecule has 2 rings (SSSR count). The second-order valence-electron chi connectivity index (χ2n) is 4.07. The second kappa shape index (κ2) is 3.67. The topological polar surface area (TPSA) is 66.0 Å². The molecular formula is C9H16N4O. The van der Waals surface area contributed by atoms with E-state index < -0.39 is 0 Å². The molecule has 2 heterocycles. The molecule has 1 aliphatic rings. The van der Waals surface area contributed by atoms with Crippen molar-refractivity contribution in [2.75, 3.05) is 19.8 Å². The molecule has 0 spiro atoms. The van der Waals surface area contributed by atoms with Gasteiger partial charge in [0.2, 0.25) is 0 Å². The second-order valence-corrected chi connectivity index (χ2v) is 4.07. The Bertz CT molecular complexity index is 304. The summed E-state index contributed by atoms with van der Waals surface area (Å²) in [6.45, 7) is 2.22. The Balaban J connectivity index is 2.08. The number of ether oxygens (including phenoxy) is 1. The minimum atomic E-state index is 0.0933. The molecule has 0 radical (unpaired) electrons. The lowest BCUT2D eigenvalue weighted by molar-refractivity contribution is 0.154. The van der Waals surface area contributed by atoms with E-state index in [1.165, 1.54) is 0 Å². The van der Waals surface area contributed by atoms with Crippen LogP contribution in [-0.2, 0) is 18.2 Å². The van der Waals surface area contributed by atoms with Gasteiger partial charge in [0.25, 0.3) is 0 Å². The van der Waals surface area contributed by atoms with E-state index in [9.17, 15) is 0 Å². The third kappa shape index (κ3) is 1.78. The van der Waals surface area contributed by atoms with E-state index >= 15 is 0 Å². The Morgan fingerprint density at radius 3 is 3.07 bits per heavy atom. The number of aryl methyl sites for hydroxylation is 1. The molecule has 1 aromatic heterocycles. The Morgan fingerprint density at radius 2 is 2.57 bits per heavy atom. The smallest absolute Gasteiger partial charge is 0.0833 e. The van der Waals surface area contributed by atoms with E-state index in [2.05, 4.69) is 10.3 Å². The van der Waals surface area contributed by atoms with Gasteiger partial charge < -0.3 is 10.5 Å². The van der Waals surface area contributed by atoms with Crippen molar-refractivity contribution < 1.29 is 4.74 Å². The Kier molecular flexibility index (Phi) is 2.52. The first kappa shape index (κ1) is 9.61. The van der Waals surface area contributed by atoms with Crippen molar-refractivity contribution in [2.45, 2.75) is 12.8 Å². The van der Waals surface area contributed by atoms with E-state index in [1.807, 2.05) is 13.2 Å². The lowest BCUT2D eigenvalue weighted by atomic mass is 9.83. The van der Waals surface area contributed by atoms with E-state index in [0.717, 1.165) is 31.7 Å². The van der Waals surface area contributed by atoms with Crippen molar-refractivity contribution in [3.8, 4) is 0 Å². The van der Waals surface area contributed by atoms with Gasteiger partial charge in [0.15, 0.2) is 0 Å². The lowest BCUT2D eigenvalue weighted by Gasteiger charge is -2.23. The summed E-state index contributed by atoms with van der Waals surface area (Å²) >= 11 is 0. The number of hydrogen-bond acceptors (Lipinski definition) is 4. The molecule has 5 heteroatoms. The number of rotatable bonds is 3. The van der Waals surface area contributed by atoms with Gasteiger partial charge >= 0.3 is 0 Å². The summed E-state index contributed by atoms with van der Waals surface area (Å²) < 4.78 is 7.11.